The van der Waals surface area contributed by atoms with Crippen molar-refractivity contribution in [3.8, 4) is 33.9 Å². The molecule has 0 N–H and O–H groups in total. The fourth-order valence-electron chi connectivity index (χ4n) is 8.39. The lowest BCUT2D eigenvalue weighted by molar-refractivity contribution is 0.632. The maximum Gasteiger partial charge on any atom is 0.160 e. The van der Waals surface area contributed by atoms with Gasteiger partial charge in [0.1, 0.15) is 0 Å². The van der Waals surface area contributed by atoms with Crippen molar-refractivity contribution in [3.63, 3.8) is 0 Å². The molecule has 7 aromatic carbocycles. The molecule has 248 valence electrons. The maximum absolute atomic E-state index is 5.09. The number of para-hydroxylation sites is 2. The highest BCUT2D eigenvalue weighted by Crippen LogP contribution is 2.52. The zero-order valence-corrected chi connectivity index (χ0v) is 29.3. The van der Waals surface area contributed by atoms with Gasteiger partial charge in [-0.15, -0.1) is 0 Å². The Kier molecular flexibility index (Phi) is 6.97. The summed E-state index contributed by atoms with van der Waals surface area (Å²) < 4.78 is 0. The van der Waals surface area contributed by atoms with Gasteiger partial charge in [0.25, 0.3) is 0 Å². The van der Waals surface area contributed by atoms with E-state index < -0.39 is 0 Å². The molecule has 8 aromatic rings. The van der Waals surface area contributed by atoms with Crippen LogP contribution in [-0.4, -0.2) is 9.97 Å². The van der Waals surface area contributed by atoms with Crippen LogP contribution in [0, 0.1) is 0 Å². The fourth-order valence-corrected chi connectivity index (χ4v) is 8.39. The zero-order chi connectivity index (χ0) is 34.8. The number of nitrogens with zero attached hydrogens (tertiary/aromatic N) is 3. The van der Waals surface area contributed by atoms with Crippen LogP contribution >= 0.6 is 0 Å². The lowest BCUT2D eigenvalue weighted by atomic mass is 9.73. The van der Waals surface area contributed by atoms with Crippen LogP contribution in [0.3, 0.4) is 0 Å². The molecule has 0 saturated carbocycles. The van der Waals surface area contributed by atoms with E-state index in [1.165, 1.54) is 61.2 Å². The summed E-state index contributed by atoms with van der Waals surface area (Å²) >= 11 is 0. The SMILES string of the molecule is CC1(C)c2ccccc2N(c2ccc3c(c2)Cc2cc4ccc(-c5cc(-c6ccccc6)nc(-c6ccccc6)n5)cc4cc2C3)c2ccccc21. The van der Waals surface area contributed by atoms with E-state index in [-0.39, 0.29) is 5.41 Å². The second kappa shape index (κ2) is 11.9. The minimum atomic E-state index is -0.0699. The molecule has 0 spiro atoms. The quantitative estimate of drug-likeness (QED) is 0.187. The highest BCUT2D eigenvalue weighted by Gasteiger charge is 2.36. The Hall–Kier alpha value is -6.32. The molecular formula is C49H37N3. The van der Waals surface area contributed by atoms with Crippen LogP contribution in [0.2, 0.25) is 0 Å². The fraction of sp³-hybridized carbons (Fsp3) is 0.102. The van der Waals surface area contributed by atoms with Gasteiger partial charge in [0, 0.05) is 27.8 Å². The van der Waals surface area contributed by atoms with Crippen molar-refractivity contribution < 1.29 is 0 Å². The zero-order valence-electron chi connectivity index (χ0n) is 29.3. The van der Waals surface area contributed by atoms with Gasteiger partial charge in [-0.25, -0.2) is 9.97 Å². The summed E-state index contributed by atoms with van der Waals surface area (Å²) in [7, 11) is 0. The first kappa shape index (κ1) is 30.5. The van der Waals surface area contributed by atoms with E-state index in [1.54, 1.807) is 0 Å². The lowest BCUT2D eigenvalue weighted by Gasteiger charge is -2.42. The normalized spacial score (nSPS) is 13.9. The topological polar surface area (TPSA) is 29.0 Å². The largest absolute Gasteiger partial charge is 0.310 e. The number of anilines is 3. The number of hydrogen-bond donors (Lipinski definition) is 0. The lowest BCUT2D eigenvalue weighted by Crippen LogP contribution is -2.30. The van der Waals surface area contributed by atoms with Crippen molar-refractivity contribution in [1.82, 2.24) is 9.97 Å². The Balaban J connectivity index is 1.01. The molecule has 0 fully saturated rings. The molecule has 0 bridgehead atoms. The highest BCUT2D eigenvalue weighted by molar-refractivity contribution is 5.90. The second-order valence-corrected chi connectivity index (χ2v) is 14.7. The third-order valence-electron chi connectivity index (χ3n) is 11.1. The van der Waals surface area contributed by atoms with Crippen molar-refractivity contribution in [3.05, 3.63) is 197 Å². The van der Waals surface area contributed by atoms with Gasteiger partial charge >= 0.3 is 0 Å². The van der Waals surface area contributed by atoms with E-state index >= 15 is 0 Å². The summed E-state index contributed by atoms with van der Waals surface area (Å²) in [6.07, 6.45) is 1.85. The van der Waals surface area contributed by atoms with Crippen LogP contribution in [0.5, 0.6) is 0 Å². The minimum absolute atomic E-state index is 0.0699. The molecule has 3 heteroatoms. The van der Waals surface area contributed by atoms with E-state index in [2.05, 4.69) is 158 Å². The predicted octanol–water partition coefficient (Wildman–Crippen LogP) is 12.2. The number of fused-ring (bicyclic) bond motifs is 5. The van der Waals surface area contributed by atoms with Gasteiger partial charge in [0.15, 0.2) is 5.82 Å². The molecule has 0 radical (unpaired) electrons. The first-order chi connectivity index (χ1) is 25.5. The Morgan fingerprint density at radius 3 is 1.69 bits per heavy atom. The minimum Gasteiger partial charge on any atom is -0.310 e. The maximum atomic E-state index is 5.09. The Bertz CT molecular complexity index is 2550. The highest BCUT2D eigenvalue weighted by atomic mass is 15.2. The van der Waals surface area contributed by atoms with Gasteiger partial charge in [-0.2, -0.15) is 0 Å². The molecule has 1 aromatic heterocycles. The first-order valence-corrected chi connectivity index (χ1v) is 18.2. The van der Waals surface area contributed by atoms with Gasteiger partial charge in [0.05, 0.1) is 22.8 Å². The molecular weight excluding hydrogens is 631 g/mol. The summed E-state index contributed by atoms with van der Waals surface area (Å²) in [5, 5.41) is 2.49. The summed E-state index contributed by atoms with van der Waals surface area (Å²) in [5.41, 5.74) is 17.0. The molecule has 0 unspecified atom stereocenters. The summed E-state index contributed by atoms with van der Waals surface area (Å²) in [6.45, 7) is 4.69. The first-order valence-electron chi connectivity index (χ1n) is 18.2. The van der Waals surface area contributed by atoms with Gasteiger partial charge in [-0.05, 0) is 93.4 Å². The van der Waals surface area contributed by atoms with Crippen molar-refractivity contribution >= 4 is 27.8 Å². The van der Waals surface area contributed by atoms with E-state index in [9.17, 15) is 0 Å². The number of benzene rings is 7. The molecule has 1 aliphatic heterocycles. The van der Waals surface area contributed by atoms with Crippen LogP contribution in [0.1, 0.15) is 47.2 Å². The summed E-state index contributed by atoms with van der Waals surface area (Å²) in [4.78, 5) is 12.5. The number of rotatable bonds is 4. The van der Waals surface area contributed by atoms with Crippen molar-refractivity contribution in [2.24, 2.45) is 0 Å². The monoisotopic (exact) mass is 667 g/mol. The molecule has 3 nitrogen and oxygen atoms in total. The number of aromatic nitrogens is 2. The van der Waals surface area contributed by atoms with Crippen LogP contribution in [0.25, 0.3) is 44.7 Å². The summed E-state index contributed by atoms with van der Waals surface area (Å²) in [5.74, 6) is 0.735. The van der Waals surface area contributed by atoms with Crippen LogP contribution in [0.15, 0.2) is 164 Å². The average molecular weight is 668 g/mol. The Labute approximate surface area is 304 Å². The van der Waals surface area contributed by atoms with Gasteiger partial charge in [-0.1, -0.05) is 141 Å². The third kappa shape index (κ3) is 5.04. The number of hydrogen-bond acceptors (Lipinski definition) is 3. The van der Waals surface area contributed by atoms with Crippen LogP contribution in [0.4, 0.5) is 17.1 Å². The summed E-state index contributed by atoms with van der Waals surface area (Å²) in [6, 6.07) is 59.2. The van der Waals surface area contributed by atoms with Gasteiger partial charge < -0.3 is 4.90 Å². The average Bonchev–Trinajstić information content (AvgIpc) is 3.20. The van der Waals surface area contributed by atoms with Crippen LogP contribution < -0.4 is 4.90 Å². The third-order valence-corrected chi connectivity index (χ3v) is 11.1. The van der Waals surface area contributed by atoms with Gasteiger partial charge in [0.2, 0.25) is 0 Å². The Morgan fingerprint density at radius 1 is 0.442 bits per heavy atom. The molecule has 10 rings (SSSR count). The standard InChI is InChI=1S/C49H37N3/c1-49(2)42-17-9-11-19-46(42)52(47-20-12-10-18-43(47)49)41-24-23-35-26-38-28-37-27-36(22-21-34(37)25-39(38)29-40(35)30-41)45-31-44(32-13-5-3-6-14-32)50-48(51-45)33-15-7-4-8-16-33/h3-25,27-28,30-31H,26,29H2,1-2H3. The molecule has 0 saturated heterocycles. The molecule has 0 atom stereocenters. The smallest absolute Gasteiger partial charge is 0.160 e. The van der Waals surface area contributed by atoms with Crippen molar-refractivity contribution in [2.45, 2.75) is 32.1 Å². The van der Waals surface area contributed by atoms with Crippen molar-refractivity contribution in [1.29, 1.82) is 0 Å². The van der Waals surface area contributed by atoms with E-state index in [4.69, 9.17) is 9.97 Å². The Morgan fingerprint density at radius 2 is 1.00 bits per heavy atom. The van der Waals surface area contributed by atoms with Gasteiger partial charge in [-0.3, -0.25) is 0 Å². The molecule has 1 aliphatic carbocycles. The van der Waals surface area contributed by atoms with E-state index in [1.807, 2.05) is 24.3 Å². The van der Waals surface area contributed by atoms with Crippen molar-refractivity contribution in [2.75, 3.05) is 4.90 Å². The molecule has 2 aliphatic rings. The van der Waals surface area contributed by atoms with Crippen LogP contribution in [-0.2, 0) is 18.3 Å². The molecule has 0 amide bonds. The second-order valence-electron chi connectivity index (χ2n) is 14.7. The van der Waals surface area contributed by atoms with E-state index in [0.717, 1.165) is 46.7 Å². The molecule has 2 heterocycles. The molecule has 52 heavy (non-hydrogen) atoms. The van der Waals surface area contributed by atoms with E-state index in [0.29, 0.717) is 0 Å². The predicted molar refractivity (Wildman–Crippen MR) is 215 cm³/mol.